The first-order valence-corrected chi connectivity index (χ1v) is 6.76. The van der Waals surface area contributed by atoms with Crippen molar-refractivity contribution >= 4 is 13.3 Å². The molecule has 0 radical (unpaired) electrons. The maximum absolute atomic E-state index is 11.2. The molecule has 0 aliphatic carbocycles. The maximum Gasteiger partial charge on any atom is 0.338 e. The van der Waals surface area contributed by atoms with Crippen LogP contribution in [-0.4, -0.2) is 57.8 Å². The first-order chi connectivity index (χ1) is 7.26. The highest BCUT2D eigenvalue weighted by atomic mass is 31.2. The Labute approximate surface area is 91.4 Å². The monoisotopic (exact) mass is 252 g/mol. The quantitative estimate of drug-likeness (QED) is 0.372. The topological polar surface area (TPSA) is 124 Å². The van der Waals surface area contributed by atoms with Crippen LogP contribution in [0.4, 0.5) is 0 Å². The molecule has 7 nitrogen and oxygen atoms in total. The van der Waals surface area contributed by atoms with Crippen LogP contribution in [0.25, 0.3) is 0 Å². The molecule has 1 aliphatic rings. The third-order valence-electron chi connectivity index (χ3n) is 2.05. The fourth-order valence-electron chi connectivity index (χ4n) is 1.31. The van der Waals surface area contributed by atoms with Gasteiger partial charge < -0.3 is 24.9 Å². The number of esters is 1. The zero-order valence-electron chi connectivity index (χ0n) is 8.53. The second-order valence-electron chi connectivity index (χ2n) is 3.65. The number of aliphatic hydroxyl groups is 3. The van der Waals surface area contributed by atoms with E-state index in [1.807, 2.05) is 0 Å². The lowest BCUT2D eigenvalue weighted by molar-refractivity contribution is -0.145. The normalized spacial score (nSPS) is 26.5. The summed E-state index contributed by atoms with van der Waals surface area (Å²) in [6, 6.07) is 0. The predicted octanol–water partition coefficient (Wildman–Crippen LogP) is -1.02. The zero-order valence-corrected chi connectivity index (χ0v) is 9.42. The lowest BCUT2D eigenvalue weighted by Gasteiger charge is -2.14. The van der Waals surface area contributed by atoms with Crippen molar-refractivity contribution in [2.24, 2.45) is 0 Å². The fourth-order valence-corrected chi connectivity index (χ4v) is 2.19. The standard InChI is InChI=1S/C8H13O7P/c1-16(13,14)3-4-6(11)7(5(10)2-9)15-8(4)12/h5,7,9-11H,2-3H2,1H3,(H,13,14). The Hall–Kier alpha value is -0.880. The minimum Gasteiger partial charge on any atom is -0.508 e. The van der Waals surface area contributed by atoms with Crippen LogP contribution in [0.15, 0.2) is 11.3 Å². The maximum atomic E-state index is 11.2. The van der Waals surface area contributed by atoms with Gasteiger partial charge in [-0.15, -0.1) is 0 Å². The summed E-state index contributed by atoms with van der Waals surface area (Å²) in [5.41, 5.74) is -0.328. The van der Waals surface area contributed by atoms with Crippen LogP contribution in [0.1, 0.15) is 0 Å². The predicted molar refractivity (Wildman–Crippen MR) is 53.2 cm³/mol. The third kappa shape index (κ3) is 2.82. The smallest absolute Gasteiger partial charge is 0.338 e. The Morgan fingerprint density at radius 1 is 1.56 bits per heavy atom. The first-order valence-electron chi connectivity index (χ1n) is 4.47. The van der Waals surface area contributed by atoms with Gasteiger partial charge in [0.1, 0.15) is 11.9 Å². The summed E-state index contributed by atoms with van der Waals surface area (Å²) in [5, 5.41) is 27.4. The van der Waals surface area contributed by atoms with E-state index in [-0.39, 0.29) is 5.57 Å². The molecule has 0 amide bonds. The lowest BCUT2D eigenvalue weighted by atomic mass is 10.1. The van der Waals surface area contributed by atoms with Gasteiger partial charge in [-0.2, -0.15) is 0 Å². The molecule has 1 aliphatic heterocycles. The molecule has 0 aromatic rings. The van der Waals surface area contributed by atoms with E-state index >= 15 is 0 Å². The van der Waals surface area contributed by atoms with Crippen LogP contribution in [0.3, 0.4) is 0 Å². The SMILES string of the molecule is CP(=O)(O)CC1=C(O)C(C(O)CO)OC1=O. The molecule has 92 valence electrons. The Morgan fingerprint density at radius 3 is 2.56 bits per heavy atom. The molecule has 1 rings (SSSR count). The molecule has 0 spiro atoms. The minimum absolute atomic E-state index is 0.328. The van der Waals surface area contributed by atoms with E-state index in [9.17, 15) is 19.6 Å². The van der Waals surface area contributed by atoms with E-state index in [0.29, 0.717) is 0 Å². The van der Waals surface area contributed by atoms with Crippen molar-refractivity contribution in [3.8, 4) is 0 Å². The molecule has 0 aromatic carbocycles. The van der Waals surface area contributed by atoms with Crippen LogP contribution < -0.4 is 0 Å². The summed E-state index contributed by atoms with van der Waals surface area (Å²) >= 11 is 0. The van der Waals surface area contributed by atoms with E-state index in [1.54, 1.807) is 0 Å². The van der Waals surface area contributed by atoms with Crippen molar-refractivity contribution in [2.75, 3.05) is 19.4 Å². The molecule has 16 heavy (non-hydrogen) atoms. The Balaban J connectivity index is 2.94. The molecule has 0 fully saturated rings. The van der Waals surface area contributed by atoms with Gasteiger partial charge in [0.2, 0.25) is 7.37 Å². The largest absolute Gasteiger partial charge is 0.508 e. The number of hydrogen-bond donors (Lipinski definition) is 4. The highest BCUT2D eigenvalue weighted by Crippen LogP contribution is 2.40. The van der Waals surface area contributed by atoms with Crippen molar-refractivity contribution in [2.45, 2.75) is 12.2 Å². The van der Waals surface area contributed by atoms with E-state index in [0.717, 1.165) is 6.66 Å². The highest BCUT2D eigenvalue weighted by molar-refractivity contribution is 7.57. The third-order valence-corrected chi connectivity index (χ3v) is 2.95. The Bertz CT molecular complexity index is 369. The van der Waals surface area contributed by atoms with Crippen LogP contribution in [0.5, 0.6) is 0 Å². The molecule has 0 saturated carbocycles. The van der Waals surface area contributed by atoms with Gasteiger partial charge in [-0.25, -0.2) is 4.79 Å². The number of carbonyl (C=O) groups is 1. The van der Waals surface area contributed by atoms with Crippen molar-refractivity contribution in [3.05, 3.63) is 11.3 Å². The van der Waals surface area contributed by atoms with E-state index in [4.69, 9.17) is 10.00 Å². The van der Waals surface area contributed by atoms with Gasteiger partial charge in [0.25, 0.3) is 0 Å². The minimum atomic E-state index is -3.52. The number of aliphatic hydroxyl groups excluding tert-OH is 3. The molecule has 0 bridgehead atoms. The Kier molecular flexibility index (Phi) is 3.75. The molecular formula is C8H13O7P. The summed E-state index contributed by atoms with van der Waals surface area (Å²) in [7, 11) is -3.52. The first kappa shape index (κ1) is 13.2. The molecule has 1 heterocycles. The number of hydrogen-bond acceptors (Lipinski definition) is 6. The zero-order chi connectivity index (χ0) is 12.5. The van der Waals surface area contributed by atoms with Crippen molar-refractivity contribution in [1.29, 1.82) is 0 Å². The second-order valence-corrected chi connectivity index (χ2v) is 6.07. The van der Waals surface area contributed by atoms with Crippen LogP contribution in [-0.2, 0) is 14.1 Å². The van der Waals surface area contributed by atoms with Crippen LogP contribution in [0, 0.1) is 0 Å². The summed E-state index contributed by atoms with van der Waals surface area (Å²) in [6.07, 6.45) is -3.33. The molecule has 3 unspecified atom stereocenters. The lowest BCUT2D eigenvalue weighted by Crippen LogP contribution is -2.31. The highest BCUT2D eigenvalue weighted by Gasteiger charge is 2.40. The van der Waals surface area contributed by atoms with E-state index < -0.39 is 44.1 Å². The average molecular weight is 252 g/mol. The van der Waals surface area contributed by atoms with Gasteiger partial charge in [0.05, 0.1) is 18.3 Å². The van der Waals surface area contributed by atoms with Gasteiger partial charge in [-0.3, -0.25) is 4.57 Å². The van der Waals surface area contributed by atoms with E-state index in [1.165, 1.54) is 0 Å². The Morgan fingerprint density at radius 2 is 2.12 bits per heavy atom. The molecular weight excluding hydrogens is 239 g/mol. The van der Waals surface area contributed by atoms with Gasteiger partial charge in [-0.05, 0) is 0 Å². The summed E-state index contributed by atoms with van der Waals surface area (Å²) in [6.45, 7) is 0.342. The van der Waals surface area contributed by atoms with Gasteiger partial charge in [0.15, 0.2) is 6.10 Å². The molecule has 8 heteroatoms. The molecule has 0 saturated heterocycles. The van der Waals surface area contributed by atoms with E-state index in [2.05, 4.69) is 4.74 Å². The fraction of sp³-hybridized carbons (Fsp3) is 0.625. The summed E-state index contributed by atoms with van der Waals surface area (Å²) in [4.78, 5) is 20.3. The average Bonchev–Trinajstić information content (AvgIpc) is 2.42. The second kappa shape index (κ2) is 4.55. The molecule has 0 aromatic heterocycles. The number of cyclic esters (lactones) is 1. The van der Waals surface area contributed by atoms with Crippen molar-refractivity contribution < 1.29 is 34.3 Å². The van der Waals surface area contributed by atoms with Crippen LogP contribution in [0.2, 0.25) is 0 Å². The van der Waals surface area contributed by atoms with Crippen molar-refractivity contribution in [3.63, 3.8) is 0 Å². The van der Waals surface area contributed by atoms with Gasteiger partial charge >= 0.3 is 5.97 Å². The number of rotatable bonds is 4. The number of carbonyl (C=O) groups excluding carboxylic acids is 1. The molecule has 3 atom stereocenters. The van der Waals surface area contributed by atoms with Gasteiger partial charge in [-0.1, -0.05) is 0 Å². The summed E-state index contributed by atoms with van der Waals surface area (Å²) < 4.78 is 15.7. The van der Waals surface area contributed by atoms with Crippen molar-refractivity contribution in [1.82, 2.24) is 0 Å². The number of ether oxygens (including phenoxy) is 1. The molecule has 4 N–H and O–H groups in total. The van der Waals surface area contributed by atoms with Gasteiger partial charge in [0, 0.05) is 6.66 Å². The summed E-state index contributed by atoms with van der Waals surface area (Å²) in [5.74, 6) is -1.55. The van der Waals surface area contributed by atoms with Crippen LogP contribution >= 0.6 is 7.37 Å².